The van der Waals surface area contributed by atoms with Crippen LogP contribution in [0.5, 0.6) is 0 Å². The Morgan fingerprint density at radius 2 is 1.88 bits per heavy atom. The monoisotopic (exact) mass is 499 g/mol. The number of hydrogen-bond acceptors (Lipinski definition) is 4. The molecule has 0 aromatic heterocycles. The number of carbonyl (C=O) groups excluding carboxylic acids is 2. The van der Waals surface area contributed by atoms with Gasteiger partial charge in [-0.3, -0.25) is 9.59 Å². The lowest BCUT2D eigenvalue weighted by Gasteiger charge is -2.38. The highest BCUT2D eigenvalue weighted by molar-refractivity contribution is 6.31. The lowest BCUT2D eigenvalue weighted by molar-refractivity contribution is -0.126. The minimum Gasteiger partial charge on any atom is -0.340 e. The van der Waals surface area contributed by atoms with Crippen LogP contribution in [0.2, 0.25) is 5.02 Å². The number of halogens is 4. The Bertz CT molecular complexity index is 898. The summed E-state index contributed by atoms with van der Waals surface area (Å²) in [6.45, 7) is 9.44. The van der Waals surface area contributed by atoms with Crippen molar-refractivity contribution in [1.29, 1.82) is 0 Å². The largest absolute Gasteiger partial charge is 0.401 e. The van der Waals surface area contributed by atoms with Gasteiger partial charge in [-0.15, -0.1) is 0 Å². The number of piperazine rings is 1. The van der Waals surface area contributed by atoms with Gasteiger partial charge in [-0.05, 0) is 24.5 Å². The lowest BCUT2D eigenvalue weighted by Crippen LogP contribution is -2.46. The minimum absolute atomic E-state index is 0.0418. The second-order valence-corrected chi connectivity index (χ2v) is 8.03. The summed E-state index contributed by atoms with van der Waals surface area (Å²) in [4.78, 5) is 27.2. The predicted molar refractivity (Wildman–Crippen MR) is 130 cm³/mol. The molecule has 1 heterocycles. The number of nitrogens with one attached hydrogen (secondary N) is 1. The van der Waals surface area contributed by atoms with Gasteiger partial charge in [-0.2, -0.15) is 13.2 Å². The second-order valence-electron chi connectivity index (χ2n) is 7.62. The highest BCUT2D eigenvalue weighted by Crippen LogP contribution is 2.19. The first kappa shape index (κ1) is 29.5. The fourth-order valence-electron chi connectivity index (χ4n) is 3.23. The van der Waals surface area contributed by atoms with Crippen LogP contribution in [0.1, 0.15) is 32.8 Å². The zero-order chi connectivity index (χ0) is 25.7. The molecule has 0 atom stereocenters. The van der Waals surface area contributed by atoms with Crippen LogP contribution in [-0.4, -0.2) is 60.4 Å². The van der Waals surface area contributed by atoms with Crippen molar-refractivity contribution >= 4 is 23.3 Å². The molecule has 34 heavy (non-hydrogen) atoms. The number of benzene rings is 1. The molecule has 2 rings (SSSR count). The molecule has 1 saturated heterocycles. The molecule has 1 fully saturated rings. The van der Waals surface area contributed by atoms with Crippen LogP contribution in [0, 0.1) is 0 Å². The number of rotatable bonds is 8. The van der Waals surface area contributed by atoms with E-state index < -0.39 is 12.7 Å². The first-order chi connectivity index (χ1) is 16.0. The molecule has 0 unspecified atom stereocenters. The highest BCUT2D eigenvalue weighted by Gasteiger charge is 2.26. The molecule has 188 valence electrons. The van der Waals surface area contributed by atoms with Crippen LogP contribution in [-0.2, 0) is 16.0 Å². The van der Waals surface area contributed by atoms with Crippen molar-refractivity contribution in [2.24, 2.45) is 0 Å². The number of amides is 1. The highest BCUT2D eigenvalue weighted by atomic mass is 35.5. The van der Waals surface area contributed by atoms with Crippen molar-refractivity contribution < 1.29 is 22.8 Å². The number of carbonyl (C=O) groups is 2. The van der Waals surface area contributed by atoms with Gasteiger partial charge in [0.25, 0.3) is 0 Å². The van der Waals surface area contributed by atoms with Gasteiger partial charge in [0.05, 0.1) is 18.8 Å². The third-order valence-electron chi connectivity index (χ3n) is 4.90. The van der Waals surface area contributed by atoms with Gasteiger partial charge in [-0.25, -0.2) is 0 Å². The van der Waals surface area contributed by atoms with Gasteiger partial charge in [-0.1, -0.05) is 62.4 Å². The number of alkyl halides is 3. The molecular formula is C25H33ClF3N3O2. The SMILES string of the molecule is C=C1CN(C(=O)/C=C/CNCC(F)(F)F)CCN1/C(=C\CC)C(C)=O.CCc1ccccc1Cl. The fourth-order valence-corrected chi connectivity index (χ4v) is 3.50. The maximum atomic E-state index is 12.1. The van der Waals surface area contributed by atoms with Crippen LogP contribution < -0.4 is 5.32 Å². The number of aryl methyl sites for hydroxylation is 1. The number of hydrogen-bond donors (Lipinski definition) is 1. The normalized spacial score (nSPS) is 14.8. The Morgan fingerprint density at radius 3 is 2.38 bits per heavy atom. The van der Waals surface area contributed by atoms with Crippen LogP contribution in [0.25, 0.3) is 0 Å². The lowest BCUT2D eigenvalue weighted by atomic mass is 10.1. The quantitative estimate of drug-likeness (QED) is 0.397. The van der Waals surface area contributed by atoms with E-state index in [0.717, 1.165) is 17.9 Å². The molecule has 1 N–H and O–H groups in total. The molecular weight excluding hydrogens is 467 g/mol. The Labute approximate surface area is 204 Å². The zero-order valence-electron chi connectivity index (χ0n) is 19.9. The van der Waals surface area contributed by atoms with E-state index in [-0.39, 0.29) is 24.8 Å². The number of ketones is 1. The van der Waals surface area contributed by atoms with Crippen molar-refractivity contribution in [2.75, 3.05) is 32.7 Å². The summed E-state index contributed by atoms with van der Waals surface area (Å²) in [7, 11) is 0. The predicted octanol–water partition coefficient (Wildman–Crippen LogP) is 5.14. The minimum atomic E-state index is -4.27. The number of allylic oxidation sites excluding steroid dienone is 2. The van der Waals surface area contributed by atoms with Gasteiger partial charge < -0.3 is 15.1 Å². The standard InChI is InChI=1S/C17H24F3N3O2.C8H9Cl/c1-4-6-15(14(3)24)23-10-9-22(11-13(23)2)16(25)7-5-8-21-12-17(18,19)20;1-2-7-5-3-4-6-8(7)9/h5-7,21H,2,4,8-12H2,1,3H3;3-6H,2H2,1H3/b7-5+,15-6-;. The summed E-state index contributed by atoms with van der Waals surface area (Å²) in [5.41, 5.74) is 2.43. The molecule has 0 bridgehead atoms. The molecule has 1 aromatic rings. The van der Waals surface area contributed by atoms with Gasteiger partial charge in [0.2, 0.25) is 5.91 Å². The summed E-state index contributed by atoms with van der Waals surface area (Å²) in [5.74, 6) is -0.350. The third kappa shape index (κ3) is 10.6. The number of Topliss-reactive ketones (excluding diaryl/α,β-unsaturated/α-hetero) is 1. The summed E-state index contributed by atoms with van der Waals surface area (Å²) in [5, 5.41) is 3.06. The van der Waals surface area contributed by atoms with E-state index in [9.17, 15) is 22.8 Å². The summed E-state index contributed by atoms with van der Waals surface area (Å²) in [6.07, 6.45) is 1.90. The van der Waals surface area contributed by atoms with Gasteiger partial charge in [0.15, 0.2) is 5.78 Å². The zero-order valence-corrected chi connectivity index (χ0v) is 20.7. The smallest absolute Gasteiger partial charge is 0.340 e. The molecule has 0 spiro atoms. The molecule has 1 amide bonds. The van der Waals surface area contributed by atoms with E-state index in [1.807, 2.05) is 42.2 Å². The fraction of sp³-hybridized carbons (Fsp3) is 0.440. The topological polar surface area (TPSA) is 52.7 Å². The van der Waals surface area contributed by atoms with E-state index in [1.54, 1.807) is 4.90 Å². The van der Waals surface area contributed by atoms with Crippen molar-refractivity contribution in [3.8, 4) is 0 Å². The van der Waals surface area contributed by atoms with E-state index >= 15 is 0 Å². The third-order valence-corrected chi connectivity index (χ3v) is 5.26. The molecule has 0 aliphatic carbocycles. The van der Waals surface area contributed by atoms with Crippen molar-refractivity contribution in [3.05, 3.63) is 71.1 Å². The maximum Gasteiger partial charge on any atom is 0.401 e. The van der Waals surface area contributed by atoms with E-state index in [0.29, 0.717) is 24.5 Å². The molecule has 0 saturated carbocycles. The Balaban J connectivity index is 0.000000533. The van der Waals surface area contributed by atoms with Crippen LogP contribution in [0.3, 0.4) is 0 Å². The summed E-state index contributed by atoms with van der Waals surface area (Å²) < 4.78 is 36.0. The van der Waals surface area contributed by atoms with Crippen LogP contribution >= 0.6 is 11.6 Å². The van der Waals surface area contributed by atoms with Crippen LogP contribution in [0.4, 0.5) is 13.2 Å². The molecule has 1 aromatic carbocycles. The first-order valence-corrected chi connectivity index (χ1v) is 11.5. The van der Waals surface area contributed by atoms with Crippen molar-refractivity contribution in [1.82, 2.24) is 15.1 Å². The van der Waals surface area contributed by atoms with Crippen molar-refractivity contribution in [3.63, 3.8) is 0 Å². The molecule has 0 radical (unpaired) electrons. The summed E-state index contributed by atoms with van der Waals surface area (Å²) in [6, 6.07) is 7.91. The Hall–Kier alpha value is -2.58. The summed E-state index contributed by atoms with van der Waals surface area (Å²) >= 11 is 5.82. The molecule has 9 heteroatoms. The Morgan fingerprint density at radius 1 is 1.21 bits per heavy atom. The first-order valence-electron chi connectivity index (χ1n) is 11.1. The van der Waals surface area contributed by atoms with Gasteiger partial charge >= 0.3 is 6.18 Å². The average molecular weight is 500 g/mol. The van der Waals surface area contributed by atoms with E-state index in [4.69, 9.17) is 11.6 Å². The van der Waals surface area contributed by atoms with E-state index in [2.05, 4.69) is 18.8 Å². The van der Waals surface area contributed by atoms with Gasteiger partial charge in [0, 0.05) is 43.4 Å². The number of nitrogens with zero attached hydrogens (tertiary/aromatic N) is 2. The molecule has 1 aliphatic heterocycles. The molecule has 1 aliphatic rings. The van der Waals surface area contributed by atoms with E-state index in [1.165, 1.54) is 24.6 Å². The van der Waals surface area contributed by atoms with Crippen LogP contribution in [0.15, 0.2) is 60.5 Å². The maximum absolute atomic E-state index is 12.1. The Kier molecular flexibility index (Phi) is 12.7. The second kappa shape index (κ2) is 14.6. The van der Waals surface area contributed by atoms with Gasteiger partial charge in [0.1, 0.15) is 0 Å². The average Bonchev–Trinajstić information content (AvgIpc) is 2.77. The van der Waals surface area contributed by atoms with Crippen molar-refractivity contribution in [2.45, 2.75) is 39.8 Å². The molecule has 5 nitrogen and oxygen atoms in total.